The molecule has 0 aliphatic carbocycles. The number of rotatable bonds is 0. The topological polar surface area (TPSA) is 61.8 Å². The minimum absolute atomic E-state index is 0.0927. The average molecular weight is 158 g/mol. The van der Waals surface area contributed by atoms with Crippen molar-refractivity contribution in [2.24, 2.45) is 0 Å². The molecule has 11 heavy (non-hydrogen) atoms. The first-order valence-corrected chi connectivity index (χ1v) is 2.95. The summed E-state index contributed by atoms with van der Waals surface area (Å²) in [4.78, 5) is 20.8. The zero-order valence-electron chi connectivity index (χ0n) is 5.61. The van der Waals surface area contributed by atoms with Crippen molar-refractivity contribution in [2.75, 3.05) is 13.2 Å². The third-order valence-electron chi connectivity index (χ3n) is 0.928. The molecule has 1 aliphatic rings. The van der Waals surface area contributed by atoms with Crippen LogP contribution in [0.25, 0.3) is 0 Å². The second-order valence-corrected chi connectivity index (χ2v) is 1.70. The van der Waals surface area contributed by atoms with Crippen LogP contribution >= 0.6 is 0 Å². The molecule has 0 aromatic rings. The van der Waals surface area contributed by atoms with Gasteiger partial charge in [0.05, 0.1) is 0 Å². The fourth-order valence-corrected chi connectivity index (χ4v) is 0.495. The smallest absolute Gasteiger partial charge is 0.430 e. The molecule has 0 radical (unpaired) electrons. The summed E-state index contributed by atoms with van der Waals surface area (Å²) in [5.74, 6) is 0. The molecule has 0 saturated carbocycles. The molecule has 0 aromatic carbocycles. The predicted molar refractivity (Wildman–Crippen MR) is 32.9 cm³/mol. The summed E-state index contributed by atoms with van der Waals surface area (Å²) in [5.41, 5.74) is 0. The number of hydrogen-bond acceptors (Lipinski definition) is 5. The Morgan fingerprint density at radius 1 is 1.00 bits per heavy atom. The number of cyclic esters (lactones) is 4. The Bertz CT molecular complexity index is 175. The molecule has 60 valence electrons. The summed E-state index contributed by atoms with van der Waals surface area (Å²) in [6.07, 6.45) is 1.03. The Hall–Kier alpha value is -1.52. The van der Waals surface area contributed by atoms with E-state index >= 15 is 0 Å². The van der Waals surface area contributed by atoms with Gasteiger partial charge in [-0.1, -0.05) is 0 Å². The zero-order chi connectivity index (χ0) is 8.10. The Morgan fingerprint density at radius 2 is 1.45 bits per heavy atom. The highest BCUT2D eigenvalue weighted by Crippen LogP contribution is 1.94. The Balaban J connectivity index is 2.49. The van der Waals surface area contributed by atoms with Crippen LogP contribution in [0.15, 0.2) is 12.2 Å². The summed E-state index contributed by atoms with van der Waals surface area (Å²) in [6.45, 7) is 0.185. The predicted octanol–water partition coefficient (Wildman–Crippen LogP) is 0.846. The van der Waals surface area contributed by atoms with Gasteiger partial charge in [0.25, 0.3) is 0 Å². The molecule has 0 saturated heterocycles. The van der Waals surface area contributed by atoms with E-state index in [1.54, 1.807) is 12.2 Å². The second-order valence-electron chi connectivity index (χ2n) is 1.70. The van der Waals surface area contributed by atoms with Gasteiger partial charge in [0.15, 0.2) is 0 Å². The van der Waals surface area contributed by atoms with Crippen LogP contribution in [0.5, 0.6) is 0 Å². The van der Waals surface area contributed by atoms with Crippen LogP contribution < -0.4 is 0 Å². The van der Waals surface area contributed by atoms with Crippen molar-refractivity contribution in [1.82, 2.24) is 0 Å². The number of carbonyl (C=O) groups is 2. The summed E-state index contributed by atoms with van der Waals surface area (Å²) in [6, 6.07) is 0. The molecule has 0 fully saturated rings. The highest BCUT2D eigenvalue weighted by atomic mass is 16.8. The molecular weight excluding hydrogens is 152 g/mol. The van der Waals surface area contributed by atoms with Crippen molar-refractivity contribution in [1.29, 1.82) is 0 Å². The standard InChI is InChI=1S/C6H6O5/c7-5-9-3-1-2-4-10-6(8)11-5/h1-2H,3-4H2/b2-1-. The third-order valence-corrected chi connectivity index (χ3v) is 0.928. The lowest BCUT2D eigenvalue weighted by atomic mass is 10.5. The number of ether oxygens (including phenoxy) is 3. The van der Waals surface area contributed by atoms with Gasteiger partial charge in [-0.05, 0) is 12.2 Å². The van der Waals surface area contributed by atoms with Crippen molar-refractivity contribution in [3.63, 3.8) is 0 Å². The fraction of sp³-hybridized carbons (Fsp3) is 0.333. The van der Waals surface area contributed by atoms with Gasteiger partial charge in [-0.15, -0.1) is 0 Å². The highest BCUT2D eigenvalue weighted by Gasteiger charge is 2.12. The molecule has 1 aliphatic heterocycles. The average Bonchev–Trinajstić information content (AvgIpc) is 2.02. The minimum atomic E-state index is -1.04. The van der Waals surface area contributed by atoms with Gasteiger partial charge >= 0.3 is 12.3 Å². The van der Waals surface area contributed by atoms with E-state index < -0.39 is 12.3 Å². The lowest BCUT2D eigenvalue weighted by molar-refractivity contribution is 0.0483. The zero-order valence-corrected chi connectivity index (χ0v) is 5.61. The molecule has 5 heteroatoms. The molecular formula is C6H6O5. The Labute approximate surface area is 62.5 Å². The summed E-state index contributed by atoms with van der Waals surface area (Å²) in [7, 11) is 0. The van der Waals surface area contributed by atoms with Crippen molar-refractivity contribution in [3.8, 4) is 0 Å². The van der Waals surface area contributed by atoms with Crippen LogP contribution in [-0.4, -0.2) is 25.5 Å². The van der Waals surface area contributed by atoms with E-state index in [-0.39, 0.29) is 13.2 Å². The number of hydrogen-bond donors (Lipinski definition) is 0. The second kappa shape index (κ2) is 3.60. The van der Waals surface area contributed by atoms with Crippen LogP contribution in [0, 0.1) is 0 Å². The highest BCUT2D eigenvalue weighted by molar-refractivity contribution is 5.77. The maximum atomic E-state index is 10.4. The molecule has 1 heterocycles. The first-order chi connectivity index (χ1) is 5.29. The van der Waals surface area contributed by atoms with Crippen molar-refractivity contribution in [3.05, 3.63) is 12.2 Å². The molecule has 0 amide bonds. The molecule has 0 bridgehead atoms. The van der Waals surface area contributed by atoms with Crippen LogP contribution in [-0.2, 0) is 14.2 Å². The van der Waals surface area contributed by atoms with Crippen molar-refractivity contribution < 1.29 is 23.8 Å². The van der Waals surface area contributed by atoms with Crippen LogP contribution in [0.1, 0.15) is 0 Å². The Kier molecular flexibility index (Phi) is 2.48. The first-order valence-electron chi connectivity index (χ1n) is 2.95. The maximum Gasteiger partial charge on any atom is 0.518 e. The van der Waals surface area contributed by atoms with E-state index in [0.717, 1.165) is 0 Å². The normalized spacial score (nSPS) is 21.5. The lowest BCUT2D eigenvalue weighted by Crippen LogP contribution is -2.13. The fourth-order valence-electron chi connectivity index (χ4n) is 0.495. The monoisotopic (exact) mass is 158 g/mol. The van der Waals surface area contributed by atoms with Crippen LogP contribution in [0.4, 0.5) is 9.59 Å². The molecule has 0 unspecified atom stereocenters. The van der Waals surface area contributed by atoms with Gasteiger partial charge in [0.1, 0.15) is 13.2 Å². The van der Waals surface area contributed by atoms with E-state index in [1.807, 2.05) is 0 Å². The van der Waals surface area contributed by atoms with Crippen LogP contribution in [0.3, 0.4) is 0 Å². The van der Waals surface area contributed by atoms with E-state index in [0.29, 0.717) is 0 Å². The van der Waals surface area contributed by atoms with Crippen molar-refractivity contribution in [2.45, 2.75) is 0 Å². The van der Waals surface area contributed by atoms with Gasteiger partial charge < -0.3 is 14.2 Å². The lowest BCUT2D eigenvalue weighted by Gasteiger charge is -1.99. The van der Waals surface area contributed by atoms with Gasteiger partial charge in [-0.3, -0.25) is 0 Å². The van der Waals surface area contributed by atoms with E-state index in [9.17, 15) is 9.59 Å². The van der Waals surface area contributed by atoms with Crippen molar-refractivity contribution >= 4 is 12.3 Å². The maximum absolute atomic E-state index is 10.4. The van der Waals surface area contributed by atoms with E-state index in [4.69, 9.17) is 0 Å². The van der Waals surface area contributed by atoms with E-state index in [2.05, 4.69) is 14.2 Å². The molecule has 0 atom stereocenters. The molecule has 5 nitrogen and oxygen atoms in total. The first kappa shape index (κ1) is 7.59. The third kappa shape index (κ3) is 2.70. The van der Waals surface area contributed by atoms with Gasteiger partial charge in [0, 0.05) is 0 Å². The summed E-state index contributed by atoms with van der Waals surface area (Å²) in [5, 5.41) is 0. The number of carbonyl (C=O) groups excluding carboxylic acids is 2. The molecule has 0 aromatic heterocycles. The molecule has 0 N–H and O–H groups in total. The van der Waals surface area contributed by atoms with Gasteiger partial charge in [-0.2, -0.15) is 0 Å². The van der Waals surface area contributed by atoms with Crippen LogP contribution in [0.2, 0.25) is 0 Å². The SMILES string of the molecule is O=C1OC/C=C\COC(=O)O1. The van der Waals surface area contributed by atoms with E-state index in [1.165, 1.54) is 0 Å². The van der Waals surface area contributed by atoms with Gasteiger partial charge in [0.2, 0.25) is 0 Å². The largest absolute Gasteiger partial charge is 0.518 e. The Morgan fingerprint density at radius 3 is 1.91 bits per heavy atom. The minimum Gasteiger partial charge on any atom is -0.430 e. The molecule has 1 rings (SSSR count). The summed E-state index contributed by atoms with van der Waals surface area (Å²) < 4.78 is 12.8. The molecule has 0 spiro atoms. The van der Waals surface area contributed by atoms with Gasteiger partial charge in [-0.25, -0.2) is 9.59 Å². The summed E-state index contributed by atoms with van der Waals surface area (Å²) >= 11 is 0. The quantitative estimate of drug-likeness (QED) is 0.297.